The van der Waals surface area contributed by atoms with Crippen LogP contribution >= 0.6 is 0 Å². The van der Waals surface area contributed by atoms with Gasteiger partial charge in [0.25, 0.3) is 5.91 Å². The molecule has 0 saturated heterocycles. The standard InChI is InChI=1S/C21H17N3O2/c25-20-16-8-1-2-9-18(16)24-13-17(20)21(26)23-12-10-15-6-3-5-14-7-4-11-22-19(14)15/h1-9,11,13H,10,12H2,(H,23,26)(H,24,25). The molecular weight excluding hydrogens is 326 g/mol. The van der Waals surface area contributed by atoms with Gasteiger partial charge in [-0.1, -0.05) is 36.4 Å². The van der Waals surface area contributed by atoms with Crippen LogP contribution < -0.4 is 10.7 Å². The number of amides is 1. The molecule has 2 N–H and O–H groups in total. The van der Waals surface area contributed by atoms with Crippen LogP contribution in [0, 0.1) is 0 Å². The summed E-state index contributed by atoms with van der Waals surface area (Å²) in [4.78, 5) is 32.3. The van der Waals surface area contributed by atoms with Gasteiger partial charge in [0, 0.05) is 35.2 Å². The number of benzene rings is 2. The molecule has 0 aliphatic rings. The maximum atomic E-state index is 12.5. The van der Waals surface area contributed by atoms with Crippen LogP contribution in [0.5, 0.6) is 0 Å². The summed E-state index contributed by atoms with van der Waals surface area (Å²) in [6.45, 7) is 0.431. The van der Waals surface area contributed by atoms with E-state index in [-0.39, 0.29) is 16.9 Å². The van der Waals surface area contributed by atoms with E-state index in [2.05, 4.69) is 15.3 Å². The summed E-state index contributed by atoms with van der Waals surface area (Å²) < 4.78 is 0. The number of nitrogens with one attached hydrogen (secondary N) is 2. The minimum absolute atomic E-state index is 0.125. The van der Waals surface area contributed by atoms with Crippen molar-refractivity contribution in [2.24, 2.45) is 0 Å². The maximum Gasteiger partial charge on any atom is 0.256 e. The summed E-state index contributed by atoms with van der Waals surface area (Å²) in [5.41, 5.74) is 2.59. The second kappa shape index (κ2) is 6.80. The summed E-state index contributed by atoms with van der Waals surface area (Å²) in [5, 5.41) is 4.41. The Morgan fingerprint density at radius 1 is 1.04 bits per heavy atom. The van der Waals surface area contributed by atoms with Crippen LogP contribution in [0.15, 0.2) is 71.8 Å². The molecule has 0 spiro atoms. The highest BCUT2D eigenvalue weighted by Gasteiger charge is 2.12. The maximum absolute atomic E-state index is 12.5. The first-order valence-electron chi connectivity index (χ1n) is 8.45. The molecule has 0 fully saturated rings. The first-order chi connectivity index (χ1) is 12.7. The molecule has 1 amide bonds. The van der Waals surface area contributed by atoms with Gasteiger partial charge < -0.3 is 10.3 Å². The second-order valence-electron chi connectivity index (χ2n) is 6.08. The van der Waals surface area contributed by atoms with Gasteiger partial charge >= 0.3 is 0 Å². The number of H-pyrrole nitrogens is 1. The van der Waals surface area contributed by atoms with Crippen LogP contribution in [0.2, 0.25) is 0 Å². The lowest BCUT2D eigenvalue weighted by Crippen LogP contribution is -2.30. The van der Waals surface area contributed by atoms with E-state index in [0.29, 0.717) is 18.4 Å². The van der Waals surface area contributed by atoms with Gasteiger partial charge in [0.15, 0.2) is 0 Å². The Kier molecular flexibility index (Phi) is 4.19. The van der Waals surface area contributed by atoms with Gasteiger partial charge in [0.2, 0.25) is 5.43 Å². The van der Waals surface area contributed by atoms with Gasteiger partial charge in [-0.2, -0.15) is 0 Å². The molecule has 2 aromatic heterocycles. The number of hydrogen-bond donors (Lipinski definition) is 2. The molecule has 0 atom stereocenters. The van der Waals surface area contributed by atoms with Crippen molar-refractivity contribution in [3.05, 3.63) is 88.3 Å². The zero-order valence-corrected chi connectivity index (χ0v) is 14.0. The van der Waals surface area contributed by atoms with Crippen LogP contribution in [0.3, 0.4) is 0 Å². The van der Waals surface area contributed by atoms with E-state index in [9.17, 15) is 9.59 Å². The first-order valence-corrected chi connectivity index (χ1v) is 8.45. The third-order valence-electron chi connectivity index (χ3n) is 4.43. The minimum atomic E-state index is -0.370. The van der Waals surface area contributed by atoms with Crippen molar-refractivity contribution < 1.29 is 4.79 Å². The number of rotatable bonds is 4. The number of carbonyl (C=O) groups is 1. The number of para-hydroxylation sites is 2. The Balaban J connectivity index is 1.51. The predicted molar refractivity (Wildman–Crippen MR) is 102 cm³/mol. The number of aromatic nitrogens is 2. The van der Waals surface area contributed by atoms with E-state index < -0.39 is 0 Å². The van der Waals surface area contributed by atoms with E-state index in [0.717, 1.165) is 22.0 Å². The third-order valence-corrected chi connectivity index (χ3v) is 4.43. The number of nitrogens with zero attached hydrogens (tertiary/aromatic N) is 1. The summed E-state index contributed by atoms with van der Waals surface area (Å²) in [7, 11) is 0. The number of hydrogen-bond acceptors (Lipinski definition) is 3. The highest BCUT2D eigenvalue weighted by Crippen LogP contribution is 2.16. The van der Waals surface area contributed by atoms with Crippen molar-refractivity contribution in [1.82, 2.24) is 15.3 Å². The molecule has 128 valence electrons. The van der Waals surface area contributed by atoms with E-state index in [1.54, 1.807) is 18.3 Å². The smallest absolute Gasteiger partial charge is 0.256 e. The summed E-state index contributed by atoms with van der Waals surface area (Å²) in [5.74, 6) is -0.370. The van der Waals surface area contributed by atoms with Crippen LogP contribution in [-0.2, 0) is 6.42 Å². The highest BCUT2D eigenvalue weighted by molar-refractivity contribution is 5.97. The summed E-state index contributed by atoms with van der Waals surface area (Å²) >= 11 is 0. The molecule has 5 heteroatoms. The summed E-state index contributed by atoms with van der Waals surface area (Å²) in [6.07, 6.45) is 3.88. The molecule has 5 nitrogen and oxygen atoms in total. The SMILES string of the molecule is O=C(NCCc1cccc2cccnc12)c1c[nH]c2ccccc2c1=O. The molecule has 0 bridgehead atoms. The van der Waals surface area contributed by atoms with Gasteiger partial charge in [-0.05, 0) is 30.2 Å². The first kappa shape index (κ1) is 16.0. The normalized spacial score (nSPS) is 10.9. The lowest BCUT2D eigenvalue weighted by molar-refractivity contribution is 0.0953. The molecule has 0 aliphatic carbocycles. The number of carbonyl (C=O) groups excluding carboxylic acids is 1. The van der Waals surface area contributed by atoms with Crippen LogP contribution in [-0.4, -0.2) is 22.4 Å². The molecule has 0 aliphatic heterocycles. The fourth-order valence-corrected chi connectivity index (χ4v) is 3.11. The molecule has 2 aromatic carbocycles. The molecule has 4 rings (SSSR count). The Labute approximate surface area is 149 Å². The van der Waals surface area contributed by atoms with Gasteiger partial charge in [0.1, 0.15) is 5.56 Å². The molecule has 0 radical (unpaired) electrons. The average molecular weight is 343 g/mol. The topological polar surface area (TPSA) is 74.8 Å². The Morgan fingerprint density at radius 3 is 2.81 bits per heavy atom. The zero-order valence-electron chi connectivity index (χ0n) is 14.0. The molecule has 2 heterocycles. The Hall–Kier alpha value is -3.47. The largest absolute Gasteiger partial charge is 0.360 e. The molecule has 0 saturated carbocycles. The molecule has 26 heavy (non-hydrogen) atoms. The lowest BCUT2D eigenvalue weighted by atomic mass is 10.1. The van der Waals surface area contributed by atoms with Gasteiger partial charge in [-0.15, -0.1) is 0 Å². The van der Waals surface area contributed by atoms with E-state index in [1.807, 2.05) is 42.5 Å². The van der Waals surface area contributed by atoms with Gasteiger partial charge in [-0.25, -0.2) is 0 Å². The van der Waals surface area contributed by atoms with Crippen LogP contribution in [0.1, 0.15) is 15.9 Å². The van der Waals surface area contributed by atoms with E-state index in [4.69, 9.17) is 0 Å². The second-order valence-corrected chi connectivity index (χ2v) is 6.08. The fourth-order valence-electron chi connectivity index (χ4n) is 3.11. The Morgan fingerprint density at radius 2 is 1.88 bits per heavy atom. The quantitative estimate of drug-likeness (QED) is 0.598. The Bertz CT molecular complexity index is 1160. The van der Waals surface area contributed by atoms with Crippen molar-refractivity contribution in [1.29, 1.82) is 0 Å². The zero-order chi connectivity index (χ0) is 17.9. The number of fused-ring (bicyclic) bond motifs is 2. The van der Waals surface area contributed by atoms with Crippen LogP contribution in [0.25, 0.3) is 21.8 Å². The van der Waals surface area contributed by atoms with Crippen molar-refractivity contribution >= 4 is 27.7 Å². The average Bonchev–Trinajstić information content (AvgIpc) is 2.68. The predicted octanol–water partition coefficient (Wildman–Crippen LogP) is 3.05. The third kappa shape index (κ3) is 2.95. The van der Waals surface area contributed by atoms with Crippen molar-refractivity contribution in [3.8, 4) is 0 Å². The number of pyridine rings is 2. The fraction of sp³-hybridized carbons (Fsp3) is 0.0952. The molecule has 4 aromatic rings. The van der Waals surface area contributed by atoms with Crippen molar-refractivity contribution in [3.63, 3.8) is 0 Å². The van der Waals surface area contributed by atoms with Gasteiger partial charge in [0.05, 0.1) is 5.52 Å². The highest BCUT2D eigenvalue weighted by atomic mass is 16.2. The lowest BCUT2D eigenvalue weighted by Gasteiger charge is -2.08. The molecule has 0 unspecified atom stereocenters. The van der Waals surface area contributed by atoms with Crippen LogP contribution in [0.4, 0.5) is 0 Å². The number of aromatic amines is 1. The molecular formula is C21H17N3O2. The summed E-state index contributed by atoms with van der Waals surface area (Å²) in [6, 6.07) is 17.1. The van der Waals surface area contributed by atoms with E-state index >= 15 is 0 Å². The monoisotopic (exact) mass is 343 g/mol. The van der Waals surface area contributed by atoms with Crippen molar-refractivity contribution in [2.45, 2.75) is 6.42 Å². The van der Waals surface area contributed by atoms with Gasteiger partial charge in [-0.3, -0.25) is 14.6 Å². The van der Waals surface area contributed by atoms with E-state index in [1.165, 1.54) is 6.20 Å². The minimum Gasteiger partial charge on any atom is -0.360 e. The van der Waals surface area contributed by atoms with Crippen molar-refractivity contribution in [2.75, 3.05) is 6.54 Å².